The van der Waals surface area contributed by atoms with Crippen LogP contribution in [0, 0.1) is 5.82 Å². The zero-order valence-corrected chi connectivity index (χ0v) is 13.6. The summed E-state index contributed by atoms with van der Waals surface area (Å²) in [5.74, 6) is 0.0558. The highest BCUT2D eigenvalue weighted by Gasteiger charge is 2.33. The predicted molar refractivity (Wildman–Crippen MR) is 87.7 cm³/mol. The van der Waals surface area contributed by atoms with E-state index in [0.29, 0.717) is 25.0 Å². The monoisotopic (exact) mass is 326 g/mol. The first-order chi connectivity index (χ1) is 10.2. The van der Waals surface area contributed by atoms with Gasteiger partial charge in [-0.05, 0) is 56.3 Å². The standard InChI is InChI=1S/C17H23FN2O.ClH/c18-14-4-1-3-13(11-14)8-10-20(16-6-7-16)17(21)12-15-5-2-9-19-15;/h1,3-4,11,15-16,19H,2,5-10,12H2;1H. The number of halogens is 2. The van der Waals surface area contributed by atoms with E-state index in [1.54, 1.807) is 12.1 Å². The van der Waals surface area contributed by atoms with E-state index in [0.717, 1.165) is 37.8 Å². The van der Waals surface area contributed by atoms with E-state index in [1.165, 1.54) is 12.5 Å². The zero-order valence-electron chi connectivity index (χ0n) is 12.8. The molecule has 1 N–H and O–H groups in total. The molecule has 3 nitrogen and oxygen atoms in total. The normalized spacial score (nSPS) is 20.5. The molecule has 1 heterocycles. The third-order valence-corrected chi connectivity index (χ3v) is 4.42. The van der Waals surface area contributed by atoms with Crippen molar-refractivity contribution >= 4 is 18.3 Å². The van der Waals surface area contributed by atoms with Crippen LogP contribution in [0.15, 0.2) is 24.3 Å². The summed E-state index contributed by atoms with van der Waals surface area (Å²) >= 11 is 0. The Bertz CT molecular complexity index is 501. The van der Waals surface area contributed by atoms with Gasteiger partial charge in [-0.2, -0.15) is 0 Å². The van der Waals surface area contributed by atoms with E-state index in [4.69, 9.17) is 0 Å². The van der Waals surface area contributed by atoms with Crippen molar-refractivity contribution in [3.63, 3.8) is 0 Å². The number of carbonyl (C=O) groups excluding carboxylic acids is 1. The van der Waals surface area contributed by atoms with Gasteiger partial charge in [0.1, 0.15) is 5.82 Å². The lowest BCUT2D eigenvalue weighted by atomic mass is 10.1. The van der Waals surface area contributed by atoms with Crippen LogP contribution >= 0.6 is 12.4 Å². The van der Waals surface area contributed by atoms with Gasteiger partial charge in [0.2, 0.25) is 5.91 Å². The van der Waals surface area contributed by atoms with Crippen molar-refractivity contribution in [2.24, 2.45) is 0 Å². The Morgan fingerprint density at radius 2 is 2.14 bits per heavy atom. The Morgan fingerprint density at radius 3 is 2.77 bits per heavy atom. The summed E-state index contributed by atoms with van der Waals surface area (Å²) in [4.78, 5) is 14.5. The van der Waals surface area contributed by atoms with Gasteiger partial charge in [0.05, 0.1) is 0 Å². The van der Waals surface area contributed by atoms with Gasteiger partial charge in [0.15, 0.2) is 0 Å². The maximum Gasteiger partial charge on any atom is 0.224 e. The fourth-order valence-electron chi connectivity index (χ4n) is 3.10. The molecule has 22 heavy (non-hydrogen) atoms. The fraction of sp³-hybridized carbons (Fsp3) is 0.588. The van der Waals surface area contributed by atoms with Crippen LogP contribution in [0.25, 0.3) is 0 Å². The quantitative estimate of drug-likeness (QED) is 0.871. The summed E-state index contributed by atoms with van der Waals surface area (Å²) in [6, 6.07) is 7.46. The number of rotatable bonds is 6. The smallest absolute Gasteiger partial charge is 0.224 e. The second-order valence-corrected chi connectivity index (χ2v) is 6.20. The Labute approximate surface area is 137 Å². The lowest BCUT2D eigenvalue weighted by Crippen LogP contribution is -2.38. The average Bonchev–Trinajstić information content (AvgIpc) is 3.16. The fourth-order valence-corrected chi connectivity index (χ4v) is 3.10. The molecule has 122 valence electrons. The molecule has 0 aromatic heterocycles. The van der Waals surface area contributed by atoms with Crippen molar-refractivity contribution in [3.05, 3.63) is 35.6 Å². The third kappa shape index (κ3) is 4.68. The topological polar surface area (TPSA) is 32.3 Å². The molecule has 0 spiro atoms. The lowest BCUT2D eigenvalue weighted by Gasteiger charge is -2.24. The molecule has 1 aromatic rings. The van der Waals surface area contributed by atoms with Crippen LogP contribution in [-0.2, 0) is 11.2 Å². The van der Waals surface area contributed by atoms with Crippen molar-refractivity contribution in [1.29, 1.82) is 0 Å². The number of hydrogen-bond acceptors (Lipinski definition) is 2. The Kier molecular flexibility index (Phi) is 6.21. The second kappa shape index (κ2) is 7.93. The van der Waals surface area contributed by atoms with Crippen molar-refractivity contribution in [1.82, 2.24) is 10.2 Å². The zero-order chi connectivity index (χ0) is 14.7. The van der Waals surface area contributed by atoms with Gasteiger partial charge in [0.25, 0.3) is 0 Å². The van der Waals surface area contributed by atoms with Crippen molar-refractivity contribution in [2.45, 2.75) is 50.6 Å². The van der Waals surface area contributed by atoms with Crippen LogP contribution < -0.4 is 5.32 Å². The number of carbonyl (C=O) groups is 1. The van der Waals surface area contributed by atoms with Gasteiger partial charge in [-0.3, -0.25) is 4.79 Å². The molecule has 2 aliphatic rings. The summed E-state index contributed by atoms with van der Waals surface area (Å²) in [7, 11) is 0. The lowest BCUT2D eigenvalue weighted by molar-refractivity contribution is -0.132. The Hall–Kier alpha value is -1.13. The maximum absolute atomic E-state index is 13.2. The van der Waals surface area contributed by atoms with E-state index in [2.05, 4.69) is 5.32 Å². The number of nitrogens with zero attached hydrogens (tertiary/aromatic N) is 1. The van der Waals surface area contributed by atoms with Gasteiger partial charge in [-0.1, -0.05) is 12.1 Å². The first kappa shape index (κ1) is 17.2. The number of amides is 1. The molecular formula is C17H24ClFN2O. The minimum atomic E-state index is -0.202. The molecule has 1 aliphatic carbocycles. The second-order valence-electron chi connectivity index (χ2n) is 6.20. The molecule has 1 unspecified atom stereocenters. The van der Waals surface area contributed by atoms with Crippen LogP contribution in [0.4, 0.5) is 4.39 Å². The SMILES string of the molecule is Cl.O=C(CC1CCCN1)N(CCc1cccc(F)c1)C1CC1. The molecule has 1 aliphatic heterocycles. The van der Waals surface area contributed by atoms with Crippen molar-refractivity contribution < 1.29 is 9.18 Å². The van der Waals surface area contributed by atoms with Crippen LogP contribution in [0.3, 0.4) is 0 Å². The minimum Gasteiger partial charge on any atom is -0.339 e. The third-order valence-electron chi connectivity index (χ3n) is 4.42. The molecule has 3 rings (SSSR count). The molecular weight excluding hydrogens is 303 g/mol. The number of benzene rings is 1. The molecule has 1 atom stereocenters. The van der Waals surface area contributed by atoms with Crippen molar-refractivity contribution in [3.8, 4) is 0 Å². The molecule has 1 aromatic carbocycles. The van der Waals surface area contributed by atoms with E-state index in [9.17, 15) is 9.18 Å². The summed E-state index contributed by atoms with van der Waals surface area (Å²) in [5.41, 5.74) is 0.965. The van der Waals surface area contributed by atoms with Crippen LogP contribution in [0.2, 0.25) is 0 Å². The average molecular weight is 327 g/mol. The highest BCUT2D eigenvalue weighted by atomic mass is 35.5. The highest BCUT2D eigenvalue weighted by molar-refractivity contribution is 5.85. The summed E-state index contributed by atoms with van der Waals surface area (Å²) in [5, 5.41) is 3.39. The molecule has 1 saturated heterocycles. The maximum atomic E-state index is 13.2. The predicted octanol–water partition coefficient (Wildman–Crippen LogP) is 2.92. The van der Waals surface area contributed by atoms with Gasteiger partial charge >= 0.3 is 0 Å². The molecule has 1 saturated carbocycles. The van der Waals surface area contributed by atoms with E-state index < -0.39 is 0 Å². The van der Waals surface area contributed by atoms with Gasteiger partial charge < -0.3 is 10.2 Å². The molecule has 1 amide bonds. The van der Waals surface area contributed by atoms with Crippen LogP contribution in [0.5, 0.6) is 0 Å². The summed E-state index contributed by atoms with van der Waals surface area (Å²) in [6.07, 6.45) is 5.86. The van der Waals surface area contributed by atoms with Crippen LogP contribution in [-0.4, -0.2) is 36.0 Å². The molecule has 5 heteroatoms. The Balaban J connectivity index is 0.00000176. The first-order valence-electron chi connectivity index (χ1n) is 7.99. The van der Waals surface area contributed by atoms with Gasteiger partial charge in [-0.15, -0.1) is 12.4 Å². The summed E-state index contributed by atoms with van der Waals surface area (Å²) in [6.45, 7) is 1.74. The Morgan fingerprint density at radius 1 is 1.32 bits per heavy atom. The van der Waals surface area contributed by atoms with Crippen LogP contribution in [0.1, 0.15) is 37.7 Å². The minimum absolute atomic E-state index is 0. The van der Waals surface area contributed by atoms with Gasteiger partial charge in [0, 0.05) is 25.0 Å². The summed E-state index contributed by atoms with van der Waals surface area (Å²) < 4.78 is 13.2. The van der Waals surface area contributed by atoms with Crippen molar-refractivity contribution in [2.75, 3.05) is 13.1 Å². The largest absolute Gasteiger partial charge is 0.339 e. The van der Waals surface area contributed by atoms with E-state index in [-0.39, 0.29) is 24.1 Å². The highest BCUT2D eigenvalue weighted by Crippen LogP contribution is 2.28. The number of hydrogen-bond donors (Lipinski definition) is 1. The van der Waals surface area contributed by atoms with E-state index in [1.807, 2.05) is 11.0 Å². The molecule has 0 radical (unpaired) electrons. The molecule has 0 bridgehead atoms. The van der Waals surface area contributed by atoms with E-state index >= 15 is 0 Å². The first-order valence-corrected chi connectivity index (χ1v) is 7.99. The number of nitrogens with one attached hydrogen (secondary N) is 1. The molecule has 2 fully saturated rings. The van der Waals surface area contributed by atoms with Gasteiger partial charge in [-0.25, -0.2) is 4.39 Å².